The van der Waals surface area contributed by atoms with E-state index in [0.29, 0.717) is 0 Å². The molecule has 0 spiro atoms. The lowest BCUT2D eigenvalue weighted by molar-refractivity contribution is -0.138. The first-order valence-electron chi connectivity index (χ1n) is 4.96. The number of rotatable bonds is 2. The van der Waals surface area contributed by atoms with E-state index in [1.165, 1.54) is 15.6 Å². The van der Waals surface area contributed by atoms with E-state index in [-0.39, 0.29) is 11.8 Å². The number of hydrogen-bond donors (Lipinski definition) is 1. The zero-order valence-corrected chi connectivity index (χ0v) is 8.83. The smallest absolute Gasteiger partial charge is 0.307 e. The monoisotopic (exact) mass is 218 g/mol. The summed E-state index contributed by atoms with van der Waals surface area (Å²) in [5.41, 5.74) is 1.23. The predicted octanol–water partition coefficient (Wildman–Crippen LogP) is 3.09. The van der Waals surface area contributed by atoms with E-state index < -0.39 is 5.97 Å². The fourth-order valence-corrected chi connectivity index (χ4v) is 3.12. The molecule has 0 saturated heterocycles. The standard InChI is InChI=1S/C12H10O2S/c13-12(14)9-5-8(9)10-6-15-11-4-2-1-3-7(10)11/h1-4,6,8-9H,5H2,(H,13,14)/t8-,9-/m1/s1. The minimum absolute atomic E-state index is 0.150. The van der Waals surface area contributed by atoms with Crippen LogP contribution in [-0.2, 0) is 4.79 Å². The van der Waals surface area contributed by atoms with Crippen molar-refractivity contribution in [3.8, 4) is 0 Å². The number of carboxylic acids is 1. The normalized spacial score (nSPS) is 24.3. The minimum atomic E-state index is -0.657. The number of carbonyl (C=O) groups is 1. The van der Waals surface area contributed by atoms with E-state index in [1.54, 1.807) is 11.3 Å². The topological polar surface area (TPSA) is 37.3 Å². The van der Waals surface area contributed by atoms with E-state index in [4.69, 9.17) is 5.11 Å². The average molecular weight is 218 g/mol. The Morgan fingerprint density at radius 3 is 2.93 bits per heavy atom. The molecule has 1 N–H and O–H groups in total. The van der Waals surface area contributed by atoms with E-state index in [1.807, 2.05) is 12.1 Å². The number of carboxylic acid groups (broad SMARTS) is 1. The Labute approximate surface area is 91.2 Å². The van der Waals surface area contributed by atoms with E-state index in [9.17, 15) is 4.79 Å². The number of thiophene rings is 1. The highest BCUT2D eigenvalue weighted by molar-refractivity contribution is 7.17. The van der Waals surface area contributed by atoms with E-state index in [0.717, 1.165) is 6.42 Å². The molecule has 2 aromatic rings. The first-order chi connectivity index (χ1) is 7.27. The molecule has 15 heavy (non-hydrogen) atoms. The summed E-state index contributed by atoms with van der Waals surface area (Å²) in [4.78, 5) is 10.8. The third-order valence-electron chi connectivity index (χ3n) is 3.02. The second-order valence-electron chi connectivity index (χ2n) is 3.97. The van der Waals surface area contributed by atoms with Crippen molar-refractivity contribution in [1.82, 2.24) is 0 Å². The Bertz CT molecular complexity index is 529. The molecule has 1 saturated carbocycles. The van der Waals surface area contributed by atoms with Crippen molar-refractivity contribution in [2.24, 2.45) is 5.92 Å². The molecule has 2 nitrogen and oxygen atoms in total. The molecular formula is C12H10O2S. The van der Waals surface area contributed by atoms with E-state index >= 15 is 0 Å². The molecular weight excluding hydrogens is 208 g/mol. The Kier molecular flexibility index (Phi) is 1.83. The lowest BCUT2D eigenvalue weighted by Crippen LogP contribution is -1.98. The molecule has 0 bridgehead atoms. The second kappa shape index (κ2) is 3.07. The van der Waals surface area contributed by atoms with Crippen LogP contribution in [0.25, 0.3) is 10.1 Å². The molecule has 0 amide bonds. The zero-order chi connectivity index (χ0) is 10.4. The van der Waals surface area contributed by atoms with Gasteiger partial charge < -0.3 is 5.11 Å². The van der Waals surface area contributed by atoms with Crippen molar-refractivity contribution in [3.05, 3.63) is 35.2 Å². The van der Waals surface area contributed by atoms with Gasteiger partial charge in [0.15, 0.2) is 0 Å². The Morgan fingerprint density at radius 2 is 2.20 bits per heavy atom. The van der Waals surface area contributed by atoms with Gasteiger partial charge in [-0.2, -0.15) is 0 Å². The lowest BCUT2D eigenvalue weighted by atomic mass is 10.1. The summed E-state index contributed by atoms with van der Waals surface area (Å²) in [6.07, 6.45) is 0.802. The van der Waals surface area contributed by atoms with Gasteiger partial charge in [-0.15, -0.1) is 11.3 Å². The molecule has 1 aromatic heterocycles. The average Bonchev–Trinajstić information content (AvgIpc) is 2.92. The van der Waals surface area contributed by atoms with Gasteiger partial charge in [-0.1, -0.05) is 18.2 Å². The van der Waals surface area contributed by atoms with Crippen LogP contribution in [0.3, 0.4) is 0 Å². The van der Waals surface area contributed by atoms with Gasteiger partial charge in [0.1, 0.15) is 0 Å². The van der Waals surface area contributed by atoms with Crippen LogP contribution in [0.15, 0.2) is 29.6 Å². The maximum Gasteiger partial charge on any atom is 0.307 e. The van der Waals surface area contributed by atoms with Crippen molar-refractivity contribution in [1.29, 1.82) is 0 Å². The molecule has 1 fully saturated rings. The van der Waals surface area contributed by atoms with Crippen LogP contribution in [0.4, 0.5) is 0 Å². The van der Waals surface area contributed by atoms with Gasteiger partial charge >= 0.3 is 5.97 Å². The fourth-order valence-electron chi connectivity index (χ4n) is 2.10. The van der Waals surface area contributed by atoms with Gasteiger partial charge in [0.2, 0.25) is 0 Å². The van der Waals surface area contributed by atoms with Gasteiger partial charge in [0, 0.05) is 4.70 Å². The molecule has 0 unspecified atom stereocenters. The highest BCUT2D eigenvalue weighted by atomic mass is 32.1. The summed E-state index contributed by atoms with van der Waals surface area (Å²) >= 11 is 1.70. The highest BCUT2D eigenvalue weighted by Gasteiger charge is 2.45. The summed E-state index contributed by atoms with van der Waals surface area (Å²) in [7, 11) is 0. The number of hydrogen-bond acceptors (Lipinski definition) is 2. The first-order valence-corrected chi connectivity index (χ1v) is 5.84. The molecule has 1 aliphatic carbocycles. The van der Waals surface area contributed by atoms with E-state index in [2.05, 4.69) is 17.5 Å². The molecule has 1 aromatic carbocycles. The number of aliphatic carboxylic acids is 1. The van der Waals surface area contributed by atoms with Crippen molar-refractivity contribution < 1.29 is 9.90 Å². The zero-order valence-electron chi connectivity index (χ0n) is 8.01. The largest absolute Gasteiger partial charge is 0.481 e. The molecule has 0 radical (unpaired) electrons. The summed E-state index contributed by atoms with van der Waals surface area (Å²) in [6.45, 7) is 0. The van der Waals surface area contributed by atoms with Gasteiger partial charge in [-0.05, 0) is 34.7 Å². The number of benzene rings is 1. The van der Waals surface area contributed by atoms with Crippen LogP contribution < -0.4 is 0 Å². The molecule has 3 heteroatoms. The quantitative estimate of drug-likeness (QED) is 0.841. The molecule has 1 aliphatic rings. The maximum atomic E-state index is 10.8. The SMILES string of the molecule is O=C(O)[C@@H]1C[C@H]1c1csc2ccccc12. The summed E-state index contributed by atoms with van der Waals surface area (Å²) in [6, 6.07) is 8.20. The van der Waals surface area contributed by atoms with Gasteiger partial charge in [0.25, 0.3) is 0 Å². The minimum Gasteiger partial charge on any atom is -0.481 e. The van der Waals surface area contributed by atoms with Crippen LogP contribution in [0.5, 0.6) is 0 Å². The molecule has 0 aliphatic heterocycles. The second-order valence-corrected chi connectivity index (χ2v) is 4.89. The van der Waals surface area contributed by atoms with Gasteiger partial charge in [0.05, 0.1) is 5.92 Å². The third-order valence-corrected chi connectivity index (χ3v) is 4.00. The predicted molar refractivity (Wildman–Crippen MR) is 60.3 cm³/mol. The summed E-state index contributed by atoms with van der Waals surface area (Å²) in [5.74, 6) is -0.558. The molecule has 1 heterocycles. The lowest BCUT2D eigenvalue weighted by Gasteiger charge is -1.95. The van der Waals surface area contributed by atoms with Crippen LogP contribution in [0.1, 0.15) is 17.9 Å². The Balaban J connectivity index is 2.03. The molecule has 3 rings (SSSR count). The number of fused-ring (bicyclic) bond motifs is 1. The maximum absolute atomic E-state index is 10.8. The van der Waals surface area contributed by atoms with Crippen molar-refractivity contribution in [2.75, 3.05) is 0 Å². The van der Waals surface area contributed by atoms with Crippen LogP contribution in [-0.4, -0.2) is 11.1 Å². The Hall–Kier alpha value is -1.35. The summed E-state index contributed by atoms with van der Waals surface area (Å²) < 4.78 is 1.25. The Morgan fingerprint density at radius 1 is 1.40 bits per heavy atom. The molecule has 2 atom stereocenters. The fraction of sp³-hybridized carbons (Fsp3) is 0.250. The highest BCUT2D eigenvalue weighted by Crippen LogP contribution is 2.50. The van der Waals surface area contributed by atoms with Crippen molar-refractivity contribution in [3.63, 3.8) is 0 Å². The van der Waals surface area contributed by atoms with Crippen LogP contribution in [0.2, 0.25) is 0 Å². The van der Waals surface area contributed by atoms with Crippen LogP contribution >= 0.6 is 11.3 Å². The third kappa shape index (κ3) is 1.35. The summed E-state index contributed by atoms with van der Waals surface area (Å²) in [5, 5.41) is 12.2. The molecule has 76 valence electrons. The van der Waals surface area contributed by atoms with Gasteiger partial charge in [-0.3, -0.25) is 4.79 Å². The van der Waals surface area contributed by atoms with Crippen LogP contribution in [0, 0.1) is 5.92 Å². The van der Waals surface area contributed by atoms with Crippen molar-refractivity contribution >= 4 is 27.4 Å². The van der Waals surface area contributed by atoms with Gasteiger partial charge in [-0.25, -0.2) is 0 Å². The first kappa shape index (κ1) is 8.92. The van der Waals surface area contributed by atoms with Crippen molar-refractivity contribution in [2.45, 2.75) is 12.3 Å².